The molecule has 0 bridgehead atoms. The van der Waals surface area contributed by atoms with E-state index in [9.17, 15) is 0 Å². The highest BCUT2D eigenvalue weighted by Gasteiger charge is 2.24. The number of rotatable bonds is 6. The quantitative estimate of drug-likeness (QED) is 0.316. The van der Waals surface area contributed by atoms with Crippen LogP contribution in [0.25, 0.3) is 11.4 Å². The van der Waals surface area contributed by atoms with Gasteiger partial charge in [-0.05, 0) is 30.4 Å². The molecule has 2 atom stereocenters. The van der Waals surface area contributed by atoms with Crippen molar-refractivity contribution in [3.63, 3.8) is 0 Å². The predicted molar refractivity (Wildman–Crippen MR) is 126 cm³/mol. The molecule has 3 N–H and O–H groups in total. The Morgan fingerprint density at radius 1 is 1.25 bits per heavy atom. The number of aliphatic imine (C=N–C) groups is 1. The number of H-pyrrole nitrogens is 1. The van der Waals surface area contributed by atoms with E-state index in [1.165, 1.54) is 44.0 Å². The van der Waals surface area contributed by atoms with Gasteiger partial charge in [0.1, 0.15) is 6.33 Å². The number of benzene rings is 1. The average molecular weight is 496 g/mol. The summed E-state index contributed by atoms with van der Waals surface area (Å²) in [5, 5.41) is 13.9. The topological polar surface area (TPSA) is 78.0 Å². The molecule has 0 spiro atoms. The van der Waals surface area contributed by atoms with E-state index in [2.05, 4.69) is 56.8 Å². The lowest BCUT2D eigenvalue weighted by atomic mass is 9.78. The molecule has 2 unspecified atom stereocenters. The van der Waals surface area contributed by atoms with Crippen molar-refractivity contribution >= 4 is 29.9 Å². The second-order valence-electron chi connectivity index (χ2n) is 7.65. The highest BCUT2D eigenvalue weighted by Crippen LogP contribution is 2.31. The van der Waals surface area contributed by atoms with Crippen LogP contribution in [-0.4, -0.2) is 34.2 Å². The van der Waals surface area contributed by atoms with E-state index in [1.54, 1.807) is 0 Å². The van der Waals surface area contributed by atoms with Gasteiger partial charge in [0.2, 0.25) is 0 Å². The molecule has 1 aromatic carbocycles. The summed E-state index contributed by atoms with van der Waals surface area (Å²) in [6.07, 6.45) is 8.44. The van der Waals surface area contributed by atoms with E-state index in [1.807, 2.05) is 19.2 Å². The maximum absolute atomic E-state index is 4.41. The number of aromatic nitrogens is 3. The fraction of sp³-hybridized carbons (Fsp3) is 0.571. The Labute approximate surface area is 185 Å². The molecule has 7 heteroatoms. The third-order valence-corrected chi connectivity index (χ3v) is 5.85. The molecule has 1 aliphatic rings. The number of nitrogens with zero attached hydrogens (tertiary/aromatic N) is 3. The van der Waals surface area contributed by atoms with E-state index >= 15 is 0 Å². The lowest BCUT2D eigenvalue weighted by Crippen LogP contribution is -2.46. The first kappa shape index (κ1) is 22.6. The van der Waals surface area contributed by atoms with E-state index in [-0.39, 0.29) is 24.0 Å². The zero-order chi connectivity index (χ0) is 19.1. The van der Waals surface area contributed by atoms with E-state index in [4.69, 9.17) is 0 Å². The van der Waals surface area contributed by atoms with Crippen LogP contribution in [0, 0.1) is 11.8 Å². The van der Waals surface area contributed by atoms with Gasteiger partial charge in [-0.15, -0.1) is 24.0 Å². The summed E-state index contributed by atoms with van der Waals surface area (Å²) in [6, 6.07) is 8.70. The van der Waals surface area contributed by atoms with Gasteiger partial charge in [-0.25, -0.2) is 4.98 Å². The monoisotopic (exact) mass is 496 g/mol. The molecule has 3 rings (SSSR count). The smallest absolute Gasteiger partial charge is 0.191 e. The van der Waals surface area contributed by atoms with E-state index in [0.717, 1.165) is 23.3 Å². The maximum Gasteiger partial charge on any atom is 0.191 e. The molecule has 1 aromatic heterocycles. The minimum Gasteiger partial charge on any atom is -0.354 e. The van der Waals surface area contributed by atoms with Gasteiger partial charge in [0.15, 0.2) is 11.8 Å². The Morgan fingerprint density at radius 2 is 2.04 bits per heavy atom. The SMILES string of the molecule is CN=C(NCc1cccc(-c2ncn[nH]2)c1)NC(C)C(C)C1CCCCC1.I. The number of hydrogen-bond acceptors (Lipinski definition) is 3. The summed E-state index contributed by atoms with van der Waals surface area (Å²) in [7, 11) is 1.83. The minimum absolute atomic E-state index is 0. The Bertz CT molecular complexity index is 724. The van der Waals surface area contributed by atoms with Crippen molar-refractivity contribution in [2.45, 2.75) is 58.5 Å². The third-order valence-electron chi connectivity index (χ3n) is 5.85. The van der Waals surface area contributed by atoms with E-state index in [0.29, 0.717) is 18.5 Å². The van der Waals surface area contributed by atoms with Gasteiger partial charge in [-0.1, -0.05) is 57.2 Å². The van der Waals surface area contributed by atoms with Crippen LogP contribution in [0.15, 0.2) is 35.6 Å². The zero-order valence-electron chi connectivity index (χ0n) is 17.1. The third kappa shape index (κ3) is 6.18. The van der Waals surface area contributed by atoms with Crippen LogP contribution in [0.2, 0.25) is 0 Å². The van der Waals surface area contributed by atoms with Gasteiger partial charge in [0.05, 0.1) is 0 Å². The fourth-order valence-electron chi connectivity index (χ4n) is 3.97. The predicted octanol–water partition coefficient (Wildman–Crippen LogP) is 4.36. The summed E-state index contributed by atoms with van der Waals surface area (Å²) < 4.78 is 0. The van der Waals surface area contributed by atoms with E-state index < -0.39 is 0 Å². The summed E-state index contributed by atoms with van der Waals surface area (Å²) in [5.41, 5.74) is 2.22. The van der Waals surface area contributed by atoms with Crippen molar-refractivity contribution in [2.24, 2.45) is 16.8 Å². The lowest BCUT2D eigenvalue weighted by molar-refractivity contribution is 0.229. The summed E-state index contributed by atoms with van der Waals surface area (Å²) in [5.74, 6) is 3.13. The maximum atomic E-state index is 4.41. The first-order chi connectivity index (χ1) is 13.2. The molecule has 0 aliphatic heterocycles. The summed E-state index contributed by atoms with van der Waals surface area (Å²) in [4.78, 5) is 8.63. The standard InChI is InChI=1S/C21H32N6.HI/c1-15(18-9-5-4-6-10-18)16(2)26-21(22-3)23-13-17-8-7-11-19(12-17)20-24-14-25-27-20;/h7-8,11-12,14-16,18H,4-6,9-10,13H2,1-3H3,(H2,22,23,26)(H,24,25,27);1H. The molecule has 1 heterocycles. The van der Waals surface area contributed by atoms with Crippen molar-refractivity contribution in [1.82, 2.24) is 25.8 Å². The first-order valence-electron chi connectivity index (χ1n) is 10.1. The Hall–Kier alpha value is -1.64. The van der Waals surface area contributed by atoms with Crippen LogP contribution in [0.3, 0.4) is 0 Å². The Morgan fingerprint density at radius 3 is 2.71 bits per heavy atom. The van der Waals surface area contributed by atoms with Crippen molar-refractivity contribution in [2.75, 3.05) is 7.05 Å². The zero-order valence-corrected chi connectivity index (χ0v) is 19.4. The molecule has 28 heavy (non-hydrogen) atoms. The van der Waals surface area contributed by atoms with Crippen LogP contribution in [0.1, 0.15) is 51.5 Å². The van der Waals surface area contributed by atoms with Gasteiger partial charge in [0.25, 0.3) is 0 Å². The molecule has 1 saturated carbocycles. The molecular formula is C21H33IN6. The molecule has 154 valence electrons. The fourth-order valence-corrected chi connectivity index (χ4v) is 3.97. The molecule has 2 aromatic rings. The van der Waals surface area contributed by atoms with Gasteiger partial charge >= 0.3 is 0 Å². The van der Waals surface area contributed by atoms with Gasteiger partial charge in [0, 0.05) is 25.2 Å². The molecule has 0 radical (unpaired) electrons. The lowest BCUT2D eigenvalue weighted by Gasteiger charge is -2.32. The van der Waals surface area contributed by atoms with Crippen LogP contribution >= 0.6 is 24.0 Å². The minimum atomic E-state index is 0. The molecule has 1 aliphatic carbocycles. The van der Waals surface area contributed by atoms with Gasteiger partial charge in [-0.3, -0.25) is 10.1 Å². The molecule has 0 amide bonds. The van der Waals surface area contributed by atoms with Crippen molar-refractivity contribution in [3.8, 4) is 11.4 Å². The van der Waals surface area contributed by atoms with Crippen molar-refractivity contribution in [1.29, 1.82) is 0 Å². The molecule has 0 saturated heterocycles. The van der Waals surface area contributed by atoms with Crippen molar-refractivity contribution < 1.29 is 0 Å². The summed E-state index contributed by atoms with van der Waals surface area (Å²) in [6.45, 7) is 5.37. The number of aromatic amines is 1. The Kier molecular flexibility index (Phi) is 9.21. The number of guanidine groups is 1. The molecule has 6 nitrogen and oxygen atoms in total. The van der Waals surface area contributed by atoms with Gasteiger partial charge < -0.3 is 10.6 Å². The number of hydrogen-bond donors (Lipinski definition) is 3. The number of nitrogens with one attached hydrogen (secondary N) is 3. The van der Waals surface area contributed by atoms with Crippen LogP contribution in [-0.2, 0) is 6.54 Å². The van der Waals surface area contributed by atoms with Crippen LogP contribution in [0.4, 0.5) is 0 Å². The highest BCUT2D eigenvalue weighted by molar-refractivity contribution is 14.0. The second kappa shape index (κ2) is 11.4. The largest absolute Gasteiger partial charge is 0.354 e. The Balaban J connectivity index is 0.00000280. The second-order valence-corrected chi connectivity index (χ2v) is 7.65. The van der Waals surface area contributed by atoms with Crippen molar-refractivity contribution in [3.05, 3.63) is 36.2 Å². The first-order valence-corrected chi connectivity index (χ1v) is 10.1. The van der Waals surface area contributed by atoms with Crippen LogP contribution < -0.4 is 10.6 Å². The number of halogens is 1. The van der Waals surface area contributed by atoms with Gasteiger partial charge in [-0.2, -0.15) is 5.10 Å². The molecular weight excluding hydrogens is 463 g/mol. The van der Waals surface area contributed by atoms with Crippen LogP contribution in [0.5, 0.6) is 0 Å². The highest BCUT2D eigenvalue weighted by atomic mass is 127. The average Bonchev–Trinajstić information content (AvgIpc) is 3.26. The summed E-state index contributed by atoms with van der Waals surface area (Å²) >= 11 is 0. The normalized spacial score (nSPS) is 17.5. The molecule has 1 fully saturated rings.